The Bertz CT molecular complexity index is 1080. The van der Waals surface area contributed by atoms with Crippen molar-refractivity contribution in [1.82, 2.24) is 9.55 Å². The largest absolute Gasteiger partial charge is 0.490 e. The number of H-pyrrole nitrogens is 1. The van der Waals surface area contributed by atoms with Gasteiger partial charge in [-0.25, -0.2) is 18.5 Å². The topological polar surface area (TPSA) is 264 Å². The minimum Gasteiger partial charge on any atom is -0.387 e. The number of phosphoric acid groups is 3. The van der Waals surface area contributed by atoms with E-state index in [1.54, 1.807) is 6.92 Å². The van der Waals surface area contributed by atoms with Gasteiger partial charge in [0.2, 0.25) is 0 Å². The highest BCUT2D eigenvalue weighted by Crippen LogP contribution is 2.66. The molecule has 1 aromatic heterocycles. The predicted molar refractivity (Wildman–Crippen MR) is 101 cm³/mol. The summed E-state index contributed by atoms with van der Waals surface area (Å²) in [5, 5.41) is 20.3. The van der Waals surface area contributed by atoms with Gasteiger partial charge in [-0.2, -0.15) is 8.62 Å². The van der Waals surface area contributed by atoms with Gasteiger partial charge in [-0.1, -0.05) is 6.92 Å². The Morgan fingerprint density at radius 3 is 2.25 bits per heavy atom. The van der Waals surface area contributed by atoms with E-state index in [1.807, 2.05) is 4.98 Å². The predicted octanol–water partition coefficient (Wildman–Crippen LogP) is -1.55. The van der Waals surface area contributed by atoms with E-state index >= 15 is 0 Å². The molecule has 184 valence electrons. The van der Waals surface area contributed by atoms with Crippen molar-refractivity contribution in [2.75, 3.05) is 6.61 Å². The number of aliphatic hydroxyl groups is 2. The van der Waals surface area contributed by atoms with Crippen LogP contribution in [0, 0.1) is 0 Å². The molecule has 2 heterocycles. The fraction of sp³-hybridized carbons (Fsp3) is 0.667. The molecule has 32 heavy (non-hydrogen) atoms. The Balaban J connectivity index is 2.13. The number of hydrogen-bond acceptors (Lipinski definition) is 11. The van der Waals surface area contributed by atoms with Crippen LogP contribution in [0.5, 0.6) is 0 Å². The summed E-state index contributed by atoms with van der Waals surface area (Å²) >= 11 is 0. The lowest BCUT2D eigenvalue weighted by Crippen LogP contribution is -2.36. The molecular weight excluding hydrogens is 505 g/mol. The zero-order valence-corrected chi connectivity index (χ0v) is 18.8. The molecule has 0 bridgehead atoms. The van der Waals surface area contributed by atoms with E-state index in [2.05, 4.69) is 13.1 Å². The van der Waals surface area contributed by atoms with Gasteiger partial charge in [0.1, 0.15) is 24.4 Å². The van der Waals surface area contributed by atoms with Crippen LogP contribution in [-0.2, 0) is 38.1 Å². The Kier molecular flexibility index (Phi) is 8.57. The third-order valence-electron chi connectivity index (χ3n) is 3.99. The highest BCUT2D eigenvalue weighted by molar-refractivity contribution is 7.66. The van der Waals surface area contributed by atoms with Gasteiger partial charge >= 0.3 is 29.2 Å². The van der Waals surface area contributed by atoms with E-state index in [9.17, 15) is 38.4 Å². The van der Waals surface area contributed by atoms with E-state index in [4.69, 9.17) is 19.4 Å². The summed E-state index contributed by atoms with van der Waals surface area (Å²) in [5.74, 6) is 0. The van der Waals surface area contributed by atoms with Gasteiger partial charge in [-0.3, -0.25) is 14.3 Å². The van der Waals surface area contributed by atoms with Crippen LogP contribution in [-0.4, -0.2) is 64.3 Å². The van der Waals surface area contributed by atoms with Crippen molar-refractivity contribution in [3.8, 4) is 0 Å². The number of nitrogens with one attached hydrogen (secondary N) is 1. The second-order valence-electron chi connectivity index (χ2n) is 6.50. The first-order chi connectivity index (χ1) is 14.6. The number of hydrogen-bond donors (Lipinski definition) is 7. The fourth-order valence-electron chi connectivity index (χ4n) is 2.75. The smallest absolute Gasteiger partial charge is 0.387 e. The van der Waals surface area contributed by atoms with Crippen LogP contribution < -0.4 is 11.2 Å². The number of aliphatic hydroxyl groups excluding tert-OH is 2. The summed E-state index contributed by atoms with van der Waals surface area (Å²) in [7, 11) is -16.8. The maximum atomic E-state index is 12.1. The van der Waals surface area contributed by atoms with Gasteiger partial charge in [-0.15, -0.1) is 0 Å². The van der Waals surface area contributed by atoms with Gasteiger partial charge in [0.15, 0.2) is 0 Å². The second kappa shape index (κ2) is 10.1. The minimum atomic E-state index is -5.74. The monoisotopic (exact) mass is 526 g/mol. The average molecular weight is 526 g/mol. The summed E-state index contributed by atoms with van der Waals surface area (Å²) in [5.41, 5.74) is -1.85. The van der Waals surface area contributed by atoms with Crippen molar-refractivity contribution < 1.29 is 61.4 Å². The molecule has 0 amide bonds. The van der Waals surface area contributed by atoms with Gasteiger partial charge in [0, 0.05) is 12.7 Å². The molecule has 0 aromatic carbocycles. The number of rotatable bonds is 10. The molecule has 1 aliphatic heterocycles. The lowest BCUT2D eigenvalue weighted by atomic mass is 10.0. The highest BCUT2D eigenvalue weighted by atomic mass is 31.3. The maximum absolute atomic E-state index is 12.1. The van der Waals surface area contributed by atoms with E-state index in [0.29, 0.717) is 6.42 Å². The number of aryl methyl sites for hydroxylation is 1. The number of ether oxygens (including phenoxy) is 1. The molecule has 7 N–H and O–H groups in total. The molecule has 0 aliphatic carbocycles. The Morgan fingerprint density at radius 2 is 1.69 bits per heavy atom. The van der Waals surface area contributed by atoms with Crippen molar-refractivity contribution in [1.29, 1.82) is 0 Å². The fourth-order valence-corrected chi connectivity index (χ4v) is 5.78. The van der Waals surface area contributed by atoms with Crippen molar-refractivity contribution in [3.05, 3.63) is 32.6 Å². The molecular formula is C12H21N2O15P3. The van der Waals surface area contributed by atoms with Gasteiger partial charge in [0.05, 0.1) is 12.2 Å². The van der Waals surface area contributed by atoms with E-state index in [-0.39, 0.29) is 12.1 Å². The van der Waals surface area contributed by atoms with Gasteiger partial charge < -0.3 is 39.1 Å². The SMILES string of the molecule is CCCn1cc([C@@H]2O[C@H](COP(=O)(O)OP(=O)(O)OP(=O)(O)O)C(O)[C@@H]2O)c(=O)[nH]c1=O. The molecule has 17 nitrogen and oxygen atoms in total. The van der Waals surface area contributed by atoms with E-state index in [0.717, 1.165) is 10.8 Å². The molecule has 1 fully saturated rings. The number of aromatic amines is 1. The average Bonchev–Trinajstić information content (AvgIpc) is 2.87. The van der Waals surface area contributed by atoms with Gasteiger partial charge in [-0.05, 0) is 6.42 Å². The molecule has 0 radical (unpaired) electrons. The van der Waals surface area contributed by atoms with Crippen molar-refractivity contribution >= 4 is 23.5 Å². The first-order valence-corrected chi connectivity index (χ1v) is 13.2. The summed E-state index contributed by atoms with van der Waals surface area (Å²) < 4.78 is 51.6. The van der Waals surface area contributed by atoms with Crippen molar-refractivity contribution in [2.45, 2.75) is 44.3 Å². The second-order valence-corrected chi connectivity index (χ2v) is 10.9. The normalized spacial score (nSPS) is 27.7. The van der Waals surface area contributed by atoms with Gasteiger partial charge in [0.25, 0.3) is 5.56 Å². The Morgan fingerprint density at radius 1 is 1.06 bits per heavy atom. The summed E-state index contributed by atoms with van der Waals surface area (Å²) in [6, 6.07) is 0. The minimum absolute atomic E-state index is 0.226. The lowest BCUT2D eigenvalue weighted by Gasteiger charge is -2.19. The maximum Gasteiger partial charge on any atom is 0.490 e. The third-order valence-corrected chi connectivity index (χ3v) is 7.79. The molecule has 1 aliphatic rings. The molecule has 1 saturated heterocycles. The number of nitrogens with zero attached hydrogens (tertiary/aromatic N) is 1. The lowest BCUT2D eigenvalue weighted by molar-refractivity contribution is -0.0228. The quantitative estimate of drug-likeness (QED) is 0.170. The van der Waals surface area contributed by atoms with Crippen LogP contribution >= 0.6 is 23.5 Å². The van der Waals surface area contributed by atoms with Crippen LogP contribution in [0.4, 0.5) is 0 Å². The molecule has 0 saturated carbocycles. The number of phosphoric ester groups is 1. The van der Waals surface area contributed by atoms with Crippen LogP contribution in [0.1, 0.15) is 25.0 Å². The Hall–Kier alpha value is -1.03. The summed E-state index contributed by atoms with van der Waals surface area (Å²) in [4.78, 5) is 61.5. The summed E-state index contributed by atoms with van der Waals surface area (Å²) in [6.45, 7) is 0.953. The van der Waals surface area contributed by atoms with Crippen LogP contribution in [0.25, 0.3) is 0 Å². The van der Waals surface area contributed by atoms with E-state index in [1.165, 1.54) is 0 Å². The molecule has 0 spiro atoms. The zero-order valence-electron chi connectivity index (χ0n) is 16.2. The van der Waals surface area contributed by atoms with Crippen LogP contribution in [0.2, 0.25) is 0 Å². The standard InChI is InChI=1S/C12H21N2O15P3/c1-2-3-14-4-6(11(17)13-12(14)18)10-9(16)8(15)7(27-10)5-26-31(22,23)29-32(24,25)28-30(19,20)21/h4,7-10,15-16H,2-3,5H2,1H3,(H,22,23)(H,24,25)(H,13,17,18)(H2,19,20,21)/t7-,8?,9+,10+/m1/s1. The van der Waals surface area contributed by atoms with Crippen LogP contribution in [0.3, 0.4) is 0 Å². The molecule has 1 aromatic rings. The highest BCUT2D eigenvalue weighted by Gasteiger charge is 2.47. The van der Waals surface area contributed by atoms with Crippen molar-refractivity contribution in [3.63, 3.8) is 0 Å². The first-order valence-electron chi connectivity index (χ1n) is 8.69. The molecule has 2 rings (SSSR count). The van der Waals surface area contributed by atoms with Crippen molar-refractivity contribution in [2.24, 2.45) is 0 Å². The summed E-state index contributed by atoms with van der Waals surface area (Å²) in [6.07, 6.45) is -4.91. The van der Waals surface area contributed by atoms with E-state index < -0.39 is 65.7 Å². The third kappa shape index (κ3) is 7.23. The first kappa shape index (κ1) is 27.2. The molecule has 3 unspecified atom stereocenters. The molecule has 20 heteroatoms. The molecule has 6 atom stereocenters. The zero-order chi connectivity index (χ0) is 24.5. The van der Waals surface area contributed by atoms with Crippen LogP contribution in [0.15, 0.2) is 15.8 Å². The Labute approximate surface area is 178 Å². The number of aromatic nitrogens is 2.